The molecule has 0 atom stereocenters. The number of carboxylic acid groups (broad SMARTS) is 1. The van der Waals surface area contributed by atoms with Gasteiger partial charge in [0.1, 0.15) is 0 Å². The van der Waals surface area contributed by atoms with Gasteiger partial charge in [-0.25, -0.2) is 14.3 Å². The minimum Gasteiger partial charge on any atom is -0.477 e. The number of rotatable bonds is 2. The van der Waals surface area contributed by atoms with Gasteiger partial charge in [-0.2, -0.15) is 0 Å². The van der Waals surface area contributed by atoms with Crippen LogP contribution in [-0.2, 0) is 0 Å². The predicted octanol–water partition coefficient (Wildman–Crippen LogP) is 3.40. The van der Waals surface area contributed by atoms with Gasteiger partial charge in [0.25, 0.3) is 0 Å². The standard InChI is InChI=1S/C13H7Cl2N3O2/c14-7-4-5-9(15)8(6-7)12-16-11-3-1-2-10(13(19)20)18(11)17-12/h1-6H,(H,19,20). The van der Waals surface area contributed by atoms with E-state index in [1.807, 2.05) is 0 Å². The second-order valence-corrected chi connectivity index (χ2v) is 4.89. The summed E-state index contributed by atoms with van der Waals surface area (Å²) in [5.41, 5.74) is 1.01. The van der Waals surface area contributed by atoms with Crippen LogP contribution in [0.25, 0.3) is 17.0 Å². The van der Waals surface area contributed by atoms with E-state index < -0.39 is 5.97 Å². The minimum atomic E-state index is -1.08. The SMILES string of the molecule is O=C(O)c1cccc2nc(-c3cc(Cl)ccc3Cl)nn12. The summed E-state index contributed by atoms with van der Waals surface area (Å²) in [6.07, 6.45) is 0. The highest BCUT2D eigenvalue weighted by atomic mass is 35.5. The van der Waals surface area contributed by atoms with E-state index in [2.05, 4.69) is 10.1 Å². The summed E-state index contributed by atoms with van der Waals surface area (Å²) in [7, 11) is 0. The number of carboxylic acids is 1. The van der Waals surface area contributed by atoms with Crippen LogP contribution in [0.15, 0.2) is 36.4 Å². The molecule has 0 saturated carbocycles. The average Bonchev–Trinajstić information content (AvgIpc) is 2.84. The summed E-state index contributed by atoms with van der Waals surface area (Å²) in [5.74, 6) is -0.754. The van der Waals surface area contributed by atoms with Gasteiger partial charge in [0.05, 0.1) is 5.02 Å². The molecule has 7 heteroatoms. The molecular formula is C13H7Cl2N3O2. The van der Waals surface area contributed by atoms with E-state index in [-0.39, 0.29) is 5.69 Å². The summed E-state index contributed by atoms with van der Waals surface area (Å²) in [6.45, 7) is 0. The average molecular weight is 308 g/mol. The molecule has 0 aliphatic carbocycles. The highest BCUT2D eigenvalue weighted by Gasteiger charge is 2.15. The van der Waals surface area contributed by atoms with Crippen LogP contribution in [0.3, 0.4) is 0 Å². The van der Waals surface area contributed by atoms with Gasteiger partial charge in [-0.1, -0.05) is 29.3 Å². The maximum atomic E-state index is 11.1. The van der Waals surface area contributed by atoms with Crippen molar-refractivity contribution >= 4 is 34.8 Å². The van der Waals surface area contributed by atoms with Crippen LogP contribution in [0, 0.1) is 0 Å². The lowest BCUT2D eigenvalue weighted by Gasteiger charge is -1.99. The van der Waals surface area contributed by atoms with Crippen LogP contribution in [-0.4, -0.2) is 25.7 Å². The van der Waals surface area contributed by atoms with E-state index in [1.54, 1.807) is 30.3 Å². The van der Waals surface area contributed by atoms with Crippen molar-refractivity contribution in [1.82, 2.24) is 14.6 Å². The molecule has 0 bridgehead atoms. The van der Waals surface area contributed by atoms with E-state index in [4.69, 9.17) is 28.3 Å². The Labute approximate surface area is 123 Å². The lowest BCUT2D eigenvalue weighted by atomic mass is 10.2. The Hall–Kier alpha value is -2.11. The third kappa shape index (κ3) is 2.11. The number of halogens is 2. The van der Waals surface area contributed by atoms with E-state index in [1.165, 1.54) is 10.6 Å². The van der Waals surface area contributed by atoms with Gasteiger partial charge in [0.15, 0.2) is 17.2 Å². The number of nitrogens with zero attached hydrogens (tertiary/aromatic N) is 3. The highest BCUT2D eigenvalue weighted by Crippen LogP contribution is 2.28. The Bertz CT molecular complexity index is 830. The fourth-order valence-corrected chi connectivity index (χ4v) is 2.22. The third-order valence-corrected chi connectivity index (χ3v) is 3.31. The smallest absolute Gasteiger partial charge is 0.354 e. The van der Waals surface area contributed by atoms with Crippen LogP contribution in [0.2, 0.25) is 10.0 Å². The molecule has 0 amide bonds. The van der Waals surface area contributed by atoms with Crippen molar-refractivity contribution in [1.29, 1.82) is 0 Å². The summed E-state index contributed by atoms with van der Waals surface area (Å²) in [4.78, 5) is 15.4. The Morgan fingerprint density at radius 1 is 1.20 bits per heavy atom. The van der Waals surface area contributed by atoms with Crippen LogP contribution in [0.1, 0.15) is 10.5 Å². The number of carbonyl (C=O) groups is 1. The molecule has 1 aromatic carbocycles. The first-order valence-electron chi connectivity index (χ1n) is 5.61. The topological polar surface area (TPSA) is 67.5 Å². The van der Waals surface area contributed by atoms with Gasteiger partial charge < -0.3 is 5.11 Å². The molecule has 100 valence electrons. The third-order valence-electron chi connectivity index (χ3n) is 2.75. The zero-order chi connectivity index (χ0) is 14.3. The lowest BCUT2D eigenvalue weighted by Crippen LogP contribution is -2.05. The molecule has 1 N–H and O–H groups in total. The van der Waals surface area contributed by atoms with Crippen molar-refractivity contribution in [2.75, 3.05) is 0 Å². The van der Waals surface area contributed by atoms with E-state index in [0.717, 1.165) is 0 Å². The maximum absolute atomic E-state index is 11.1. The fraction of sp³-hybridized carbons (Fsp3) is 0. The molecule has 0 spiro atoms. The zero-order valence-electron chi connectivity index (χ0n) is 9.92. The van der Waals surface area contributed by atoms with Crippen molar-refractivity contribution in [3.05, 3.63) is 52.1 Å². The number of hydrogen-bond donors (Lipinski definition) is 1. The van der Waals surface area contributed by atoms with E-state index >= 15 is 0 Å². The Morgan fingerprint density at radius 2 is 2.00 bits per heavy atom. The number of aromatic carboxylic acids is 1. The molecule has 0 fully saturated rings. The fourth-order valence-electron chi connectivity index (χ4n) is 1.85. The van der Waals surface area contributed by atoms with E-state index in [0.29, 0.717) is 27.1 Å². The van der Waals surface area contributed by atoms with E-state index in [9.17, 15) is 4.79 Å². The molecule has 20 heavy (non-hydrogen) atoms. The number of aromatic nitrogens is 3. The van der Waals surface area contributed by atoms with Crippen molar-refractivity contribution in [2.45, 2.75) is 0 Å². The minimum absolute atomic E-state index is 0.0272. The first-order valence-corrected chi connectivity index (χ1v) is 6.36. The Morgan fingerprint density at radius 3 is 2.75 bits per heavy atom. The second-order valence-electron chi connectivity index (χ2n) is 4.05. The summed E-state index contributed by atoms with van der Waals surface area (Å²) >= 11 is 12.0. The molecular weight excluding hydrogens is 301 g/mol. The van der Waals surface area contributed by atoms with Crippen LogP contribution in [0.5, 0.6) is 0 Å². The molecule has 5 nitrogen and oxygen atoms in total. The van der Waals surface area contributed by atoms with Crippen LogP contribution >= 0.6 is 23.2 Å². The molecule has 2 aromatic heterocycles. The lowest BCUT2D eigenvalue weighted by molar-refractivity contribution is 0.0687. The number of benzene rings is 1. The van der Waals surface area contributed by atoms with Gasteiger partial charge in [-0.05, 0) is 30.3 Å². The normalized spacial score (nSPS) is 10.9. The Kier molecular flexibility index (Phi) is 3.08. The molecule has 2 heterocycles. The molecule has 0 aliphatic heterocycles. The zero-order valence-corrected chi connectivity index (χ0v) is 11.4. The monoisotopic (exact) mass is 307 g/mol. The molecule has 0 saturated heterocycles. The van der Waals surface area contributed by atoms with Gasteiger partial charge >= 0.3 is 5.97 Å². The highest BCUT2D eigenvalue weighted by molar-refractivity contribution is 6.35. The van der Waals surface area contributed by atoms with Gasteiger partial charge in [-0.3, -0.25) is 0 Å². The first-order chi connectivity index (χ1) is 9.56. The summed E-state index contributed by atoms with van der Waals surface area (Å²) < 4.78 is 1.26. The Balaban J connectivity index is 2.26. The summed E-state index contributed by atoms with van der Waals surface area (Å²) in [6, 6.07) is 9.67. The second kappa shape index (κ2) is 4.77. The van der Waals surface area contributed by atoms with Crippen molar-refractivity contribution in [3.63, 3.8) is 0 Å². The van der Waals surface area contributed by atoms with Gasteiger partial charge in [-0.15, -0.1) is 5.10 Å². The number of hydrogen-bond acceptors (Lipinski definition) is 3. The first kappa shape index (κ1) is 12.9. The largest absolute Gasteiger partial charge is 0.477 e. The van der Waals surface area contributed by atoms with Crippen molar-refractivity contribution in [3.8, 4) is 11.4 Å². The number of pyridine rings is 1. The predicted molar refractivity (Wildman–Crippen MR) is 75.4 cm³/mol. The van der Waals surface area contributed by atoms with Crippen molar-refractivity contribution < 1.29 is 9.90 Å². The summed E-state index contributed by atoms with van der Waals surface area (Å²) in [5, 5.41) is 14.3. The quantitative estimate of drug-likeness (QED) is 0.788. The number of fused-ring (bicyclic) bond motifs is 1. The van der Waals surface area contributed by atoms with Crippen LogP contribution in [0.4, 0.5) is 0 Å². The molecule has 0 unspecified atom stereocenters. The maximum Gasteiger partial charge on any atom is 0.354 e. The molecule has 3 rings (SSSR count). The van der Waals surface area contributed by atoms with Gasteiger partial charge in [0.2, 0.25) is 0 Å². The van der Waals surface area contributed by atoms with Crippen LogP contribution < -0.4 is 0 Å². The molecule has 0 radical (unpaired) electrons. The van der Waals surface area contributed by atoms with Crippen molar-refractivity contribution in [2.24, 2.45) is 0 Å². The van der Waals surface area contributed by atoms with Gasteiger partial charge in [0, 0.05) is 10.6 Å². The molecule has 0 aliphatic rings. The molecule has 3 aromatic rings.